The minimum atomic E-state index is -0.0625. The number of nitrogens with two attached hydrogens (primary N) is 1. The van der Waals surface area contributed by atoms with Crippen LogP contribution in [0.1, 0.15) is 31.4 Å². The molecule has 1 aliphatic rings. The summed E-state index contributed by atoms with van der Waals surface area (Å²) < 4.78 is 1.50. The molecular formula is C12H21N5O2. The Labute approximate surface area is 112 Å². The average Bonchev–Trinajstić information content (AvgIpc) is 2.73. The van der Waals surface area contributed by atoms with E-state index in [0.29, 0.717) is 18.8 Å². The number of hydrogen-bond acceptors (Lipinski definition) is 5. The van der Waals surface area contributed by atoms with Gasteiger partial charge in [0.1, 0.15) is 6.54 Å². The Bertz CT molecular complexity index is 420. The lowest BCUT2D eigenvalue weighted by Crippen LogP contribution is -2.43. The van der Waals surface area contributed by atoms with E-state index in [1.54, 1.807) is 11.1 Å². The molecule has 1 aliphatic heterocycles. The van der Waals surface area contributed by atoms with Crippen LogP contribution in [0.4, 0.5) is 0 Å². The van der Waals surface area contributed by atoms with Crippen molar-refractivity contribution in [2.75, 3.05) is 13.2 Å². The molecule has 1 aromatic heterocycles. The molecule has 1 saturated heterocycles. The van der Waals surface area contributed by atoms with Crippen molar-refractivity contribution in [3.8, 4) is 0 Å². The predicted octanol–water partition coefficient (Wildman–Crippen LogP) is -0.500. The normalized spacial score (nSPS) is 20.3. The number of aliphatic hydroxyl groups is 1. The molecule has 1 atom stereocenters. The minimum absolute atomic E-state index is 0.0191. The third-order valence-electron chi connectivity index (χ3n) is 3.50. The smallest absolute Gasteiger partial charge is 0.244 e. The fourth-order valence-electron chi connectivity index (χ4n) is 2.43. The van der Waals surface area contributed by atoms with E-state index in [-0.39, 0.29) is 25.1 Å². The maximum atomic E-state index is 12.3. The molecule has 1 fully saturated rings. The second-order valence-electron chi connectivity index (χ2n) is 4.88. The first kappa shape index (κ1) is 14.0. The fraction of sp³-hybridized carbons (Fsp3) is 0.750. The number of amides is 1. The van der Waals surface area contributed by atoms with Gasteiger partial charge in [0.25, 0.3) is 0 Å². The zero-order chi connectivity index (χ0) is 13.7. The second-order valence-corrected chi connectivity index (χ2v) is 4.88. The van der Waals surface area contributed by atoms with Gasteiger partial charge >= 0.3 is 0 Å². The molecular weight excluding hydrogens is 246 g/mol. The summed E-state index contributed by atoms with van der Waals surface area (Å²) in [5, 5.41) is 17.1. The highest BCUT2D eigenvalue weighted by molar-refractivity contribution is 5.76. The monoisotopic (exact) mass is 267 g/mol. The van der Waals surface area contributed by atoms with Crippen LogP contribution in [0.3, 0.4) is 0 Å². The highest BCUT2D eigenvalue weighted by atomic mass is 16.3. The number of aliphatic hydroxyl groups excluding tert-OH is 1. The summed E-state index contributed by atoms with van der Waals surface area (Å²) in [5.74, 6) is -0.0191. The number of likely N-dealkylation sites (tertiary alicyclic amines) is 1. The molecule has 3 N–H and O–H groups in total. The van der Waals surface area contributed by atoms with Gasteiger partial charge in [0, 0.05) is 13.1 Å². The van der Waals surface area contributed by atoms with E-state index in [4.69, 9.17) is 5.73 Å². The quantitative estimate of drug-likeness (QED) is 0.766. The van der Waals surface area contributed by atoms with Crippen LogP contribution in [0, 0.1) is 0 Å². The summed E-state index contributed by atoms with van der Waals surface area (Å²) in [6.45, 7) is 1.21. The number of hydrogen-bond donors (Lipinski definition) is 2. The molecule has 2 heterocycles. The fourth-order valence-corrected chi connectivity index (χ4v) is 2.43. The molecule has 19 heavy (non-hydrogen) atoms. The predicted molar refractivity (Wildman–Crippen MR) is 69.0 cm³/mol. The van der Waals surface area contributed by atoms with Crippen molar-refractivity contribution in [1.82, 2.24) is 19.9 Å². The van der Waals surface area contributed by atoms with Crippen LogP contribution in [0.25, 0.3) is 0 Å². The largest absolute Gasteiger partial charge is 0.394 e. The summed E-state index contributed by atoms with van der Waals surface area (Å²) in [5.41, 5.74) is 6.13. The standard InChI is InChI=1S/C12H21N5O2/c13-6-10-7-16(15-14-10)8-12(19)17-5-3-1-2-4-11(17)9-18/h7,11,18H,1-6,8-9,13H2. The number of aromatic nitrogens is 3. The van der Waals surface area contributed by atoms with E-state index >= 15 is 0 Å². The van der Waals surface area contributed by atoms with Crippen molar-refractivity contribution in [3.63, 3.8) is 0 Å². The van der Waals surface area contributed by atoms with Crippen LogP contribution < -0.4 is 5.73 Å². The van der Waals surface area contributed by atoms with E-state index in [1.165, 1.54) is 4.68 Å². The Morgan fingerprint density at radius 1 is 1.47 bits per heavy atom. The van der Waals surface area contributed by atoms with Gasteiger partial charge in [-0.2, -0.15) is 0 Å². The van der Waals surface area contributed by atoms with E-state index < -0.39 is 0 Å². The Hall–Kier alpha value is -1.47. The Kier molecular flexibility index (Phi) is 4.86. The van der Waals surface area contributed by atoms with E-state index in [0.717, 1.165) is 25.7 Å². The van der Waals surface area contributed by atoms with Crippen molar-refractivity contribution in [2.45, 2.75) is 44.8 Å². The lowest BCUT2D eigenvalue weighted by Gasteiger charge is -2.28. The van der Waals surface area contributed by atoms with Gasteiger partial charge in [-0.15, -0.1) is 5.10 Å². The van der Waals surface area contributed by atoms with Crippen molar-refractivity contribution in [2.24, 2.45) is 5.73 Å². The zero-order valence-corrected chi connectivity index (χ0v) is 11.0. The molecule has 1 aromatic rings. The van der Waals surface area contributed by atoms with Crippen LogP contribution in [0.15, 0.2) is 6.20 Å². The highest BCUT2D eigenvalue weighted by Crippen LogP contribution is 2.16. The maximum Gasteiger partial charge on any atom is 0.244 e. The summed E-state index contributed by atoms with van der Waals surface area (Å²) in [4.78, 5) is 14.1. The van der Waals surface area contributed by atoms with E-state index in [9.17, 15) is 9.90 Å². The topological polar surface area (TPSA) is 97.3 Å². The molecule has 7 nitrogen and oxygen atoms in total. The molecule has 1 amide bonds. The van der Waals surface area contributed by atoms with Crippen LogP contribution in [0.2, 0.25) is 0 Å². The van der Waals surface area contributed by atoms with Crippen LogP contribution in [0.5, 0.6) is 0 Å². The minimum Gasteiger partial charge on any atom is -0.394 e. The van der Waals surface area contributed by atoms with Crippen molar-refractivity contribution < 1.29 is 9.90 Å². The van der Waals surface area contributed by atoms with Gasteiger partial charge in [-0.3, -0.25) is 4.79 Å². The van der Waals surface area contributed by atoms with Gasteiger partial charge in [0.05, 0.1) is 24.5 Å². The number of nitrogens with zero attached hydrogens (tertiary/aromatic N) is 4. The van der Waals surface area contributed by atoms with Gasteiger partial charge < -0.3 is 15.7 Å². The first-order valence-corrected chi connectivity index (χ1v) is 6.74. The number of carbonyl (C=O) groups excluding carboxylic acids is 1. The molecule has 0 spiro atoms. The van der Waals surface area contributed by atoms with Crippen LogP contribution in [-0.4, -0.2) is 50.1 Å². The Morgan fingerprint density at radius 2 is 2.32 bits per heavy atom. The highest BCUT2D eigenvalue weighted by Gasteiger charge is 2.25. The van der Waals surface area contributed by atoms with Crippen molar-refractivity contribution in [3.05, 3.63) is 11.9 Å². The molecule has 2 rings (SSSR count). The molecule has 1 unspecified atom stereocenters. The first-order chi connectivity index (χ1) is 9.24. The van der Waals surface area contributed by atoms with Gasteiger partial charge in [-0.25, -0.2) is 4.68 Å². The number of rotatable bonds is 4. The third-order valence-corrected chi connectivity index (χ3v) is 3.50. The zero-order valence-electron chi connectivity index (χ0n) is 11.0. The molecule has 0 bridgehead atoms. The van der Waals surface area contributed by atoms with E-state index in [2.05, 4.69) is 10.3 Å². The van der Waals surface area contributed by atoms with Gasteiger partial charge in [-0.05, 0) is 12.8 Å². The maximum absolute atomic E-state index is 12.3. The van der Waals surface area contributed by atoms with Gasteiger partial charge in [0.2, 0.25) is 5.91 Å². The third kappa shape index (κ3) is 3.51. The van der Waals surface area contributed by atoms with Gasteiger partial charge in [-0.1, -0.05) is 18.1 Å². The van der Waals surface area contributed by atoms with Crippen LogP contribution >= 0.6 is 0 Å². The lowest BCUT2D eigenvalue weighted by molar-refractivity contribution is -0.135. The summed E-state index contributed by atoms with van der Waals surface area (Å²) >= 11 is 0. The van der Waals surface area contributed by atoms with Crippen LogP contribution in [-0.2, 0) is 17.9 Å². The number of carbonyl (C=O) groups is 1. The average molecular weight is 267 g/mol. The molecule has 0 aliphatic carbocycles. The summed E-state index contributed by atoms with van der Waals surface area (Å²) in [7, 11) is 0. The first-order valence-electron chi connectivity index (χ1n) is 6.74. The molecule has 106 valence electrons. The van der Waals surface area contributed by atoms with Gasteiger partial charge in [0.15, 0.2) is 0 Å². The molecule has 0 aromatic carbocycles. The SMILES string of the molecule is NCc1cn(CC(=O)N2CCCCCC2CO)nn1. The van der Waals surface area contributed by atoms with Crippen molar-refractivity contribution in [1.29, 1.82) is 0 Å². The summed E-state index contributed by atoms with van der Waals surface area (Å²) in [6.07, 6.45) is 5.72. The Morgan fingerprint density at radius 3 is 3.00 bits per heavy atom. The summed E-state index contributed by atoms with van der Waals surface area (Å²) in [6, 6.07) is -0.0625. The molecule has 0 radical (unpaired) electrons. The second kappa shape index (κ2) is 6.63. The molecule has 0 saturated carbocycles. The van der Waals surface area contributed by atoms with Crippen molar-refractivity contribution >= 4 is 5.91 Å². The molecule has 7 heteroatoms. The Balaban J connectivity index is 2.00. The van der Waals surface area contributed by atoms with E-state index in [1.807, 2.05) is 0 Å². The lowest BCUT2D eigenvalue weighted by atomic mass is 10.1.